The summed E-state index contributed by atoms with van der Waals surface area (Å²) in [4.78, 5) is 17.2. The van der Waals surface area contributed by atoms with Crippen LogP contribution in [-0.4, -0.2) is 26.5 Å². The highest BCUT2D eigenvalue weighted by atomic mass is 19.1. The Morgan fingerprint density at radius 2 is 1.87 bits per heavy atom. The van der Waals surface area contributed by atoms with Crippen LogP contribution < -0.4 is 5.32 Å². The maximum absolute atomic E-state index is 13.8. The van der Waals surface area contributed by atoms with Crippen LogP contribution in [0.1, 0.15) is 35.9 Å². The van der Waals surface area contributed by atoms with Gasteiger partial charge in [-0.25, -0.2) is 13.9 Å². The summed E-state index contributed by atoms with van der Waals surface area (Å²) in [5.41, 5.74) is 5.31. The van der Waals surface area contributed by atoms with Gasteiger partial charge in [0.05, 0.1) is 5.52 Å². The van der Waals surface area contributed by atoms with E-state index in [9.17, 15) is 9.18 Å². The summed E-state index contributed by atoms with van der Waals surface area (Å²) >= 11 is 0. The van der Waals surface area contributed by atoms with Gasteiger partial charge in [0.15, 0.2) is 5.65 Å². The molecule has 1 atom stereocenters. The lowest BCUT2D eigenvalue weighted by Gasteiger charge is -2.15. The standard InChI is InChI=1S/C24H25FN4O/c1-15(14-18-8-4-6-10-21(18)25)26-23(30)13-12-19-16(2)27-24-20-9-5-7-11-22(20)28-29(24)17(19)3/h4-11,15H,12-14H2,1-3H3,(H,26,30). The Kier molecular flexibility index (Phi) is 5.48. The Morgan fingerprint density at radius 3 is 2.67 bits per heavy atom. The zero-order chi connectivity index (χ0) is 21.3. The largest absolute Gasteiger partial charge is 0.353 e. The maximum Gasteiger partial charge on any atom is 0.220 e. The van der Waals surface area contributed by atoms with E-state index >= 15 is 0 Å². The first-order chi connectivity index (χ1) is 14.4. The van der Waals surface area contributed by atoms with Crippen LogP contribution in [0, 0.1) is 19.7 Å². The van der Waals surface area contributed by atoms with E-state index in [0.717, 1.165) is 33.5 Å². The van der Waals surface area contributed by atoms with E-state index in [1.807, 2.05) is 49.6 Å². The predicted octanol–water partition coefficient (Wildman–Crippen LogP) is 4.32. The van der Waals surface area contributed by atoms with Crippen LogP contribution in [0.3, 0.4) is 0 Å². The van der Waals surface area contributed by atoms with Crippen molar-refractivity contribution in [2.24, 2.45) is 0 Å². The second kappa shape index (κ2) is 8.22. The number of carbonyl (C=O) groups is 1. The van der Waals surface area contributed by atoms with Crippen LogP contribution in [0.2, 0.25) is 0 Å². The minimum atomic E-state index is -0.240. The monoisotopic (exact) mass is 404 g/mol. The van der Waals surface area contributed by atoms with Gasteiger partial charge in [-0.15, -0.1) is 0 Å². The first-order valence-electron chi connectivity index (χ1n) is 10.2. The zero-order valence-corrected chi connectivity index (χ0v) is 17.4. The molecule has 0 saturated heterocycles. The van der Waals surface area contributed by atoms with Gasteiger partial charge < -0.3 is 5.32 Å². The van der Waals surface area contributed by atoms with Gasteiger partial charge in [0, 0.05) is 29.2 Å². The van der Waals surface area contributed by atoms with E-state index < -0.39 is 0 Å². The highest BCUT2D eigenvalue weighted by molar-refractivity contribution is 5.92. The van der Waals surface area contributed by atoms with Crippen molar-refractivity contribution in [2.75, 3.05) is 0 Å². The van der Waals surface area contributed by atoms with E-state index in [-0.39, 0.29) is 17.8 Å². The number of aromatic nitrogens is 3. The number of nitrogens with one attached hydrogen (secondary N) is 1. The Balaban J connectivity index is 1.46. The first kappa shape index (κ1) is 20.0. The van der Waals surface area contributed by atoms with Gasteiger partial charge >= 0.3 is 0 Å². The van der Waals surface area contributed by atoms with Crippen molar-refractivity contribution in [2.45, 2.75) is 46.1 Å². The molecule has 0 spiro atoms. The lowest BCUT2D eigenvalue weighted by Crippen LogP contribution is -2.34. The Hall–Kier alpha value is -3.28. The molecule has 154 valence electrons. The zero-order valence-electron chi connectivity index (χ0n) is 17.4. The summed E-state index contributed by atoms with van der Waals surface area (Å²) in [5, 5.41) is 8.66. The van der Waals surface area contributed by atoms with E-state index in [0.29, 0.717) is 24.8 Å². The molecule has 1 unspecified atom stereocenters. The third-order valence-electron chi connectivity index (χ3n) is 5.51. The maximum atomic E-state index is 13.8. The highest BCUT2D eigenvalue weighted by Gasteiger charge is 2.16. The van der Waals surface area contributed by atoms with Gasteiger partial charge in [-0.1, -0.05) is 30.3 Å². The molecular formula is C24H25FN4O. The molecule has 1 N–H and O–H groups in total. The molecule has 6 heteroatoms. The fraction of sp³-hybridized carbons (Fsp3) is 0.292. The number of halogens is 1. The molecule has 2 heterocycles. The third kappa shape index (κ3) is 3.90. The Morgan fingerprint density at radius 1 is 1.13 bits per heavy atom. The molecule has 30 heavy (non-hydrogen) atoms. The molecule has 0 bridgehead atoms. The molecule has 0 aliphatic rings. The average Bonchev–Trinajstić information content (AvgIpc) is 3.08. The van der Waals surface area contributed by atoms with Gasteiger partial charge in [0.1, 0.15) is 5.82 Å². The Bertz CT molecular complexity index is 1230. The molecule has 0 radical (unpaired) electrons. The number of hydrogen-bond donors (Lipinski definition) is 1. The molecule has 4 rings (SSSR count). The number of fused-ring (bicyclic) bond motifs is 3. The number of carbonyl (C=O) groups excluding carboxylic acids is 1. The number of aryl methyl sites for hydroxylation is 2. The van der Waals surface area contributed by atoms with Crippen molar-refractivity contribution >= 4 is 22.5 Å². The highest BCUT2D eigenvalue weighted by Crippen LogP contribution is 2.23. The first-order valence-corrected chi connectivity index (χ1v) is 10.2. The fourth-order valence-electron chi connectivity index (χ4n) is 3.97. The molecule has 0 aliphatic heterocycles. The van der Waals surface area contributed by atoms with Crippen molar-refractivity contribution in [3.63, 3.8) is 0 Å². The van der Waals surface area contributed by atoms with Crippen LogP contribution in [0.25, 0.3) is 16.6 Å². The molecular weight excluding hydrogens is 379 g/mol. The van der Waals surface area contributed by atoms with Crippen LogP contribution >= 0.6 is 0 Å². The number of amides is 1. The number of hydrogen-bond acceptors (Lipinski definition) is 3. The number of rotatable bonds is 6. The van der Waals surface area contributed by atoms with E-state index in [1.165, 1.54) is 6.07 Å². The minimum Gasteiger partial charge on any atom is -0.353 e. The third-order valence-corrected chi connectivity index (χ3v) is 5.51. The van der Waals surface area contributed by atoms with Crippen molar-refractivity contribution < 1.29 is 9.18 Å². The average molecular weight is 404 g/mol. The molecule has 0 fully saturated rings. The molecule has 0 saturated carbocycles. The SMILES string of the molecule is Cc1nc2c3ccccc3nn2c(C)c1CCC(=O)NC(C)Cc1ccccc1F. The van der Waals surface area contributed by atoms with E-state index in [2.05, 4.69) is 10.4 Å². The number of benzene rings is 2. The topological polar surface area (TPSA) is 59.3 Å². The summed E-state index contributed by atoms with van der Waals surface area (Å²) in [5.74, 6) is -0.292. The summed E-state index contributed by atoms with van der Waals surface area (Å²) in [7, 11) is 0. The van der Waals surface area contributed by atoms with Crippen molar-refractivity contribution in [1.82, 2.24) is 19.9 Å². The van der Waals surface area contributed by atoms with Gasteiger partial charge in [0.25, 0.3) is 0 Å². The smallest absolute Gasteiger partial charge is 0.220 e. The van der Waals surface area contributed by atoms with Crippen LogP contribution in [-0.2, 0) is 17.6 Å². The van der Waals surface area contributed by atoms with Crippen molar-refractivity contribution in [3.05, 3.63) is 76.9 Å². The lowest BCUT2D eigenvalue weighted by atomic mass is 10.0. The Labute approximate surface area is 174 Å². The normalized spacial score (nSPS) is 12.4. The van der Waals surface area contributed by atoms with Gasteiger partial charge in [-0.3, -0.25) is 4.79 Å². The molecule has 1 amide bonds. The van der Waals surface area contributed by atoms with Gasteiger partial charge in [-0.05, 0) is 62.9 Å². The summed E-state index contributed by atoms with van der Waals surface area (Å²) in [6, 6.07) is 14.5. The molecule has 0 aliphatic carbocycles. The second-order valence-electron chi connectivity index (χ2n) is 7.78. The second-order valence-corrected chi connectivity index (χ2v) is 7.78. The van der Waals surface area contributed by atoms with Crippen molar-refractivity contribution in [3.8, 4) is 0 Å². The summed E-state index contributed by atoms with van der Waals surface area (Å²) in [6.45, 7) is 5.88. The molecule has 5 nitrogen and oxygen atoms in total. The van der Waals surface area contributed by atoms with Crippen LogP contribution in [0.5, 0.6) is 0 Å². The summed E-state index contributed by atoms with van der Waals surface area (Å²) in [6.07, 6.45) is 1.39. The predicted molar refractivity (Wildman–Crippen MR) is 116 cm³/mol. The summed E-state index contributed by atoms with van der Waals surface area (Å²) < 4.78 is 15.7. The number of nitrogens with zero attached hydrogens (tertiary/aromatic N) is 3. The lowest BCUT2D eigenvalue weighted by molar-refractivity contribution is -0.121. The van der Waals surface area contributed by atoms with Crippen LogP contribution in [0.4, 0.5) is 4.39 Å². The van der Waals surface area contributed by atoms with E-state index in [1.54, 1.807) is 18.2 Å². The van der Waals surface area contributed by atoms with E-state index in [4.69, 9.17) is 4.98 Å². The molecule has 4 aromatic rings. The quantitative estimate of drug-likeness (QED) is 0.521. The van der Waals surface area contributed by atoms with Gasteiger partial charge in [-0.2, -0.15) is 5.10 Å². The fourth-order valence-corrected chi connectivity index (χ4v) is 3.97. The minimum absolute atomic E-state index is 0.0524. The molecule has 2 aromatic carbocycles. The molecule has 2 aromatic heterocycles. The van der Waals surface area contributed by atoms with Crippen molar-refractivity contribution in [1.29, 1.82) is 0 Å². The van der Waals surface area contributed by atoms with Gasteiger partial charge in [0.2, 0.25) is 5.91 Å². The van der Waals surface area contributed by atoms with Crippen LogP contribution in [0.15, 0.2) is 48.5 Å².